The Morgan fingerprint density at radius 3 is 2.62 bits per heavy atom. The largest absolute Gasteiger partial charge is 0.266 e. The van der Waals surface area contributed by atoms with Gasteiger partial charge in [0.05, 0.1) is 22.8 Å². The second kappa shape index (κ2) is 3.96. The van der Waals surface area contributed by atoms with Crippen molar-refractivity contribution in [3.63, 3.8) is 0 Å². The molecule has 0 radical (unpaired) electrons. The molecule has 0 saturated heterocycles. The van der Waals surface area contributed by atoms with Crippen molar-refractivity contribution in [3.8, 4) is 0 Å². The van der Waals surface area contributed by atoms with Gasteiger partial charge in [0.2, 0.25) is 0 Å². The molecule has 0 aromatic carbocycles. The van der Waals surface area contributed by atoms with Gasteiger partial charge in [0.15, 0.2) is 5.82 Å². The first kappa shape index (κ1) is 10.3. The third-order valence-corrected chi connectivity index (χ3v) is 1.85. The molecule has 0 aliphatic rings. The minimum Gasteiger partial charge on any atom is -0.254 e. The maximum Gasteiger partial charge on any atom is 0.266 e. The first-order chi connectivity index (χ1) is 6.06. The molecule has 5 heteroatoms. The highest BCUT2D eigenvalue weighted by molar-refractivity contribution is 6.16. The summed E-state index contributed by atoms with van der Waals surface area (Å²) in [5, 5.41) is 0. The summed E-state index contributed by atoms with van der Waals surface area (Å²) in [5.41, 5.74) is -0.424. The molecule has 1 aromatic heterocycles. The lowest BCUT2D eigenvalue weighted by atomic mass is 10.2. The van der Waals surface area contributed by atoms with E-state index in [-0.39, 0.29) is 17.3 Å². The molecule has 0 N–H and O–H groups in total. The monoisotopic (exact) mass is 209 g/mol. The van der Waals surface area contributed by atoms with Gasteiger partial charge in [-0.3, -0.25) is 4.98 Å². The second-order valence-electron chi connectivity index (χ2n) is 2.54. The lowest BCUT2D eigenvalue weighted by Gasteiger charge is -2.05. The molecule has 0 fully saturated rings. The minimum atomic E-state index is -2.83. The molecule has 0 bridgehead atoms. The van der Waals surface area contributed by atoms with E-state index in [1.54, 1.807) is 0 Å². The average Bonchev–Trinajstić information content (AvgIpc) is 2.09. The second-order valence-corrected chi connectivity index (χ2v) is 2.80. The standard InChI is InChI=1S/C8H7ClF3N/c1-4-7(10)6(8(11)12)2-5(3-9)13-4/h2,8H,3H2,1H3. The molecule has 1 rings (SSSR count). The molecule has 1 nitrogen and oxygen atoms in total. The van der Waals surface area contributed by atoms with Crippen LogP contribution in [0.5, 0.6) is 0 Å². The number of hydrogen-bond acceptors (Lipinski definition) is 1. The van der Waals surface area contributed by atoms with Gasteiger partial charge < -0.3 is 0 Å². The van der Waals surface area contributed by atoms with E-state index in [1.165, 1.54) is 6.92 Å². The van der Waals surface area contributed by atoms with Crippen LogP contribution in [0, 0.1) is 12.7 Å². The van der Waals surface area contributed by atoms with Crippen molar-refractivity contribution >= 4 is 11.6 Å². The Balaban J connectivity index is 3.25. The van der Waals surface area contributed by atoms with Crippen molar-refractivity contribution in [2.24, 2.45) is 0 Å². The van der Waals surface area contributed by atoms with E-state index in [2.05, 4.69) is 4.98 Å². The molecular formula is C8H7ClF3N. The Hall–Kier alpha value is -0.770. The van der Waals surface area contributed by atoms with Crippen LogP contribution in [0.4, 0.5) is 13.2 Å². The summed E-state index contributed by atoms with van der Waals surface area (Å²) < 4.78 is 37.4. The molecule has 0 atom stereocenters. The van der Waals surface area contributed by atoms with E-state index in [4.69, 9.17) is 11.6 Å². The van der Waals surface area contributed by atoms with Crippen molar-refractivity contribution < 1.29 is 13.2 Å². The van der Waals surface area contributed by atoms with Crippen molar-refractivity contribution in [2.45, 2.75) is 19.2 Å². The molecule has 72 valence electrons. The Morgan fingerprint density at radius 1 is 1.54 bits per heavy atom. The Kier molecular flexibility index (Phi) is 3.14. The van der Waals surface area contributed by atoms with E-state index >= 15 is 0 Å². The van der Waals surface area contributed by atoms with Gasteiger partial charge in [-0.2, -0.15) is 0 Å². The third-order valence-electron chi connectivity index (χ3n) is 1.58. The van der Waals surface area contributed by atoms with Gasteiger partial charge in [0, 0.05) is 0 Å². The lowest BCUT2D eigenvalue weighted by molar-refractivity contribution is 0.146. The van der Waals surface area contributed by atoms with Crippen LogP contribution in [0.1, 0.15) is 23.4 Å². The van der Waals surface area contributed by atoms with Crippen LogP contribution in [0.2, 0.25) is 0 Å². The highest BCUT2D eigenvalue weighted by Crippen LogP contribution is 2.24. The molecular weight excluding hydrogens is 203 g/mol. The van der Waals surface area contributed by atoms with Gasteiger partial charge in [-0.1, -0.05) is 0 Å². The summed E-state index contributed by atoms with van der Waals surface area (Å²) in [7, 11) is 0. The van der Waals surface area contributed by atoms with Gasteiger partial charge in [0.1, 0.15) is 0 Å². The van der Waals surface area contributed by atoms with E-state index in [0.717, 1.165) is 6.07 Å². The summed E-state index contributed by atoms with van der Waals surface area (Å²) in [6.45, 7) is 1.33. The molecule has 0 aliphatic carbocycles. The average molecular weight is 210 g/mol. The number of nitrogens with zero attached hydrogens (tertiary/aromatic N) is 1. The summed E-state index contributed by atoms with van der Waals surface area (Å²) in [6, 6.07) is 0.986. The maximum absolute atomic E-state index is 13.0. The first-order valence-electron chi connectivity index (χ1n) is 3.56. The normalized spacial score (nSPS) is 10.9. The highest BCUT2D eigenvalue weighted by atomic mass is 35.5. The number of aromatic nitrogens is 1. The predicted octanol–water partition coefficient (Wildman–Crippen LogP) is 3.21. The molecule has 1 heterocycles. The Bertz CT molecular complexity index is 315. The van der Waals surface area contributed by atoms with Gasteiger partial charge in [0.25, 0.3) is 6.43 Å². The van der Waals surface area contributed by atoms with Crippen molar-refractivity contribution in [1.82, 2.24) is 4.98 Å². The number of pyridine rings is 1. The van der Waals surface area contributed by atoms with Gasteiger partial charge >= 0.3 is 0 Å². The lowest BCUT2D eigenvalue weighted by Crippen LogP contribution is -2.00. The van der Waals surface area contributed by atoms with Crippen LogP contribution < -0.4 is 0 Å². The smallest absolute Gasteiger partial charge is 0.254 e. The van der Waals surface area contributed by atoms with Crippen LogP contribution in [0.25, 0.3) is 0 Å². The fourth-order valence-electron chi connectivity index (χ4n) is 0.976. The van der Waals surface area contributed by atoms with Crippen LogP contribution in [0.3, 0.4) is 0 Å². The Morgan fingerprint density at radius 2 is 2.15 bits per heavy atom. The quantitative estimate of drug-likeness (QED) is 0.682. The molecule has 0 amide bonds. The number of alkyl halides is 3. The van der Waals surface area contributed by atoms with Crippen molar-refractivity contribution in [1.29, 1.82) is 0 Å². The van der Waals surface area contributed by atoms with Crippen molar-refractivity contribution in [2.75, 3.05) is 0 Å². The first-order valence-corrected chi connectivity index (χ1v) is 4.09. The number of rotatable bonds is 2. The predicted molar refractivity (Wildman–Crippen MR) is 43.4 cm³/mol. The zero-order valence-corrected chi connectivity index (χ0v) is 7.58. The fraction of sp³-hybridized carbons (Fsp3) is 0.375. The molecule has 0 spiro atoms. The molecule has 0 unspecified atom stereocenters. The molecule has 0 saturated carbocycles. The molecule has 0 aliphatic heterocycles. The zero-order valence-electron chi connectivity index (χ0n) is 6.82. The van der Waals surface area contributed by atoms with E-state index < -0.39 is 17.8 Å². The van der Waals surface area contributed by atoms with E-state index in [1.807, 2.05) is 0 Å². The van der Waals surface area contributed by atoms with Crippen LogP contribution in [-0.4, -0.2) is 4.98 Å². The number of aryl methyl sites for hydroxylation is 1. The highest BCUT2D eigenvalue weighted by Gasteiger charge is 2.16. The SMILES string of the molecule is Cc1nc(CCl)cc(C(F)F)c1F. The zero-order chi connectivity index (χ0) is 10.0. The number of hydrogen-bond donors (Lipinski definition) is 0. The molecule has 1 aromatic rings. The van der Waals surface area contributed by atoms with Crippen molar-refractivity contribution in [3.05, 3.63) is 28.8 Å². The van der Waals surface area contributed by atoms with Crippen LogP contribution >= 0.6 is 11.6 Å². The van der Waals surface area contributed by atoms with Gasteiger partial charge in [-0.25, -0.2) is 13.2 Å². The molecule has 13 heavy (non-hydrogen) atoms. The minimum absolute atomic E-state index is 0.000833. The summed E-state index contributed by atoms with van der Waals surface area (Å²) >= 11 is 5.40. The third kappa shape index (κ3) is 2.12. The van der Waals surface area contributed by atoms with Gasteiger partial charge in [-0.05, 0) is 13.0 Å². The topological polar surface area (TPSA) is 12.9 Å². The van der Waals surface area contributed by atoms with Crippen LogP contribution in [-0.2, 0) is 5.88 Å². The number of halogens is 4. The fourth-order valence-corrected chi connectivity index (χ4v) is 1.11. The maximum atomic E-state index is 13.0. The summed E-state index contributed by atoms with van der Waals surface area (Å²) in [4.78, 5) is 3.69. The summed E-state index contributed by atoms with van der Waals surface area (Å²) in [6.07, 6.45) is -2.83. The van der Waals surface area contributed by atoms with E-state index in [9.17, 15) is 13.2 Å². The van der Waals surface area contributed by atoms with Crippen LogP contribution in [0.15, 0.2) is 6.07 Å². The summed E-state index contributed by atoms with van der Waals surface area (Å²) in [5.74, 6) is -0.954. The van der Waals surface area contributed by atoms with E-state index in [0.29, 0.717) is 0 Å². The van der Waals surface area contributed by atoms with Gasteiger partial charge in [-0.15, -0.1) is 11.6 Å². The Labute approximate surface area is 78.5 Å².